The van der Waals surface area contributed by atoms with Gasteiger partial charge in [-0.2, -0.15) is 0 Å². The lowest BCUT2D eigenvalue weighted by atomic mass is 10.1. The topological polar surface area (TPSA) is 78.6 Å². The summed E-state index contributed by atoms with van der Waals surface area (Å²) in [5.74, 6) is 0. The molecule has 0 spiro atoms. The maximum atomic E-state index is 11.1. The van der Waals surface area contributed by atoms with Crippen LogP contribution >= 0.6 is 0 Å². The van der Waals surface area contributed by atoms with E-state index in [-0.39, 0.29) is 17.2 Å². The number of nitrogens with zero attached hydrogens (tertiary/aromatic N) is 2. The van der Waals surface area contributed by atoms with Crippen molar-refractivity contribution in [3.8, 4) is 0 Å². The number of nitro benzene ring substituents is 1. The zero-order valence-electron chi connectivity index (χ0n) is 11.4. The fourth-order valence-electron chi connectivity index (χ4n) is 1.87. The van der Waals surface area contributed by atoms with Crippen LogP contribution in [0, 0.1) is 10.1 Å². The predicted octanol–water partition coefficient (Wildman–Crippen LogP) is 1.84. The Morgan fingerprint density at radius 3 is 2.79 bits per heavy atom. The molecule has 0 aliphatic carbocycles. The van der Waals surface area contributed by atoms with E-state index in [9.17, 15) is 10.1 Å². The molecule has 0 aliphatic rings. The maximum Gasteiger partial charge on any atom is 0.292 e. The van der Waals surface area contributed by atoms with Crippen LogP contribution in [0.1, 0.15) is 18.9 Å². The van der Waals surface area contributed by atoms with E-state index < -0.39 is 0 Å². The van der Waals surface area contributed by atoms with Gasteiger partial charge in [-0.1, -0.05) is 19.1 Å². The average molecular weight is 267 g/mol. The molecular formula is C13H21N3O3. The number of nitro groups is 1. The largest absolute Gasteiger partial charge is 0.395 e. The smallest absolute Gasteiger partial charge is 0.292 e. The van der Waals surface area contributed by atoms with E-state index in [1.165, 1.54) is 6.07 Å². The first-order valence-electron chi connectivity index (χ1n) is 6.39. The van der Waals surface area contributed by atoms with Crippen molar-refractivity contribution < 1.29 is 10.0 Å². The number of rotatable bonds is 8. The molecule has 6 nitrogen and oxygen atoms in total. The summed E-state index contributed by atoms with van der Waals surface area (Å²) in [6.45, 7) is 3.88. The predicted molar refractivity (Wildman–Crippen MR) is 75.3 cm³/mol. The van der Waals surface area contributed by atoms with Crippen LogP contribution in [0.15, 0.2) is 18.2 Å². The fraction of sp³-hybridized carbons (Fsp3) is 0.538. The normalized spacial score (nSPS) is 10.7. The summed E-state index contributed by atoms with van der Waals surface area (Å²) in [6.07, 6.45) is 0.901. The number of anilines is 1. The highest BCUT2D eigenvalue weighted by atomic mass is 16.6. The van der Waals surface area contributed by atoms with Crippen molar-refractivity contribution in [3.63, 3.8) is 0 Å². The summed E-state index contributed by atoms with van der Waals surface area (Å²) in [7, 11) is 1.87. The number of hydrogen-bond donors (Lipinski definition) is 2. The molecule has 0 saturated carbocycles. The molecule has 0 atom stereocenters. The molecule has 1 rings (SSSR count). The van der Waals surface area contributed by atoms with Crippen molar-refractivity contribution in [1.82, 2.24) is 4.90 Å². The van der Waals surface area contributed by atoms with Crippen LogP contribution in [0.4, 0.5) is 11.4 Å². The highest BCUT2D eigenvalue weighted by Gasteiger charge is 2.17. The monoisotopic (exact) mass is 267 g/mol. The number of hydrogen-bond acceptors (Lipinski definition) is 5. The SMILES string of the molecule is CCCNc1c(CN(C)CCO)cccc1[N+](=O)[O-]. The van der Waals surface area contributed by atoms with Crippen LogP contribution in [0.25, 0.3) is 0 Å². The molecule has 106 valence electrons. The number of nitrogens with one attached hydrogen (secondary N) is 1. The molecule has 6 heteroatoms. The Morgan fingerprint density at radius 1 is 1.47 bits per heavy atom. The van der Waals surface area contributed by atoms with Crippen LogP contribution < -0.4 is 5.32 Å². The third kappa shape index (κ3) is 4.50. The van der Waals surface area contributed by atoms with Gasteiger partial charge in [0.2, 0.25) is 0 Å². The number of benzene rings is 1. The van der Waals surface area contributed by atoms with Gasteiger partial charge in [0.05, 0.1) is 11.5 Å². The second-order valence-corrected chi connectivity index (χ2v) is 4.46. The Kier molecular flexibility index (Phi) is 6.24. The molecule has 0 bridgehead atoms. The van der Waals surface area contributed by atoms with Gasteiger partial charge < -0.3 is 10.4 Å². The van der Waals surface area contributed by atoms with Crippen LogP contribution in [0.2, 0.25) is 0 Å². The van der Waals surface area contributed by atoms with Gasteiger partial charge in [0.15, 0.2) is 0 Å². The van der Waals surface area contributed by atoms with Gasteiger partial charge >= 0.3 is 0 Å². The molecule has 0 heterocycles. The summed E-state index contributed by atoms with van der Waals surface area (Å²) in [5, 5.41) is 23.1. The van der Waals surface area contributed by atoms with Crippen molar-refractivity contribution >= 4 is 11.4 Å². The Bertz CT molecular complexity index is 424. The van der Waals surface area contributed by atoms with Crippen molar-refractivity contribution in [2.24, 2.45) is 0 Å². The van der Waals surface area contributed by atoms with Crippen LogP contribution in [-0.4, -0.2) is 41.7 Å². The minimum Gasteiger partial charge on any atom is -0.395 e. The lowest BCUT2D eigenvalue weighted by molar-refractivity contribution is -0.384. The van der Waals surface area contributed by atoms with E-state index in [4.69, 9.17) is 5.11 Å². The summed E-state index contributed by atoms with van der Waals surface area (Å²) < 4.78 is 0. The molecule has 0 saturated heterocycles. The van der Waals surface area contributed by atoms with Crippen LogP contribution in [0.3, 0.4) is 0 Å². The Balaban J connectivity index is 3.00. The third-order valence-electron chi connectivity index (χ3n) is 2.80. The number of likely N-dealkylation sites (N-methyl/N-ethyl adjacent to an activating group) is 1. The first kappa shape index (κ1) is 15.4. The maximum absolute atomic E-state index is 11.1. The van der Waals surface area contributed by atoms with Crippen LogP contribution in [0.5, 0.6) is 0 Å². The van der Waals surface area contributed by atoms with Crippen molar-refractivity contribution in [3.05, 3.63) is 33.9 Å². The van der Waals surface area contributed by atoms with Gasteiger partial charge in [-0.15, -0.1) is 0 Å². The standard InChI is InChI=1S/C13H21N3O3/c1-3-7-14-13-11(10-15(2)8-9-17)5-4-6-12(13)16(18)19/h4-6,14,17H,3,7-10H2,1-2H3. The quantitative estimate of drug-likeness (QED) is 0.555. The minimum absolute atomic E-state index is 0.0726. The summed E-state index contributed by atoms with van der Waals surface area (Å²) in [5.41, 5.74) is 1.56. The van der Waals surface area contributed by atoms with Gasteiger partial charge in [0, 0.05) is 25.7 Å². The molecule has 1 aromatic rings. The average Bonchev–Trinajstić information content (AvgIpc) is 2.37. The van der Waals surface area contributed by atoms with E-state index >= 15 is 0 Å². The lowest BCUT2D eigenvalue weighted by Gasteiger charge is -2.18. The number of aliphatic hydroxyl groups excluding tert-OH is 1. The van der Waals surface area contributed by atoms with Gasteiger partial charge in [-0.3, -0.25) is 15.0 Å². The van der Waals surface area contributed by atoms with Crippen LogP contribution in [-0.2, 0) is 6.54 Å². The first-order valence-corrected chi connectivity index (χ1v) is 6.39. The second kappa shape index (κ2) is 7.70. The van der Waals surface area contributed by atoms with Gasteiger partial charge in [-0.25, -0.2) is 0 Å². The molecule has 0 amide bonds. The van der Waals surface area contributed by atoms with E-state index in [2.05, 4.69) is 5.32 Å². The van der Waals surface area contributed by atoms with Gasteiger partial charge in [0.25, 0.3) is 5.69 Å². The second-order valence-electron chi connectivity index (χ2n) is 4.46. The molecule has 0 aliphatic heterocycles. The summed E-state index contributed by atoms with van der Waals surface area (Å²) in [6, 6.07) is 5.07. The third-order valence-corrected chi connectivity index (χ3v) is 2.80. The van der Waals surface area contributed by atoms with Crippen molar-refractivity contribution in [2.75, 3.05) is 32.1 Å². The molecule has 19 heavy (non-hydrogen) atoms. The molecule has 0 radical (unpaired) electrons. The fourth-order valence-corrected chi connectivity index (χ4v) is 1.87. The van der Waals surface area contributed by atoms with Gasteiger partial charge in [-0.05, 0) is 19.0 Å². The molecule has 0 unspecified atom stereocenters. The van der Waals surface area contributed by atoms with Crippen molar-refractivity contribution in [2.45, 2.75) is 19.9 Å². The molecule has 1 aromatic carbocycles. The molecular weight excluding hydrogens is 246 g/mol. The zero-order chi connectivity index (χ0) is 14.3. The Morgan fingerprint density at radius 2 is 2.21 bits per heavy atom. The van der Waals surface area contributed by atoms with E-state index in [1.807, 2.05) is 24.9 Å². The summed E-state index contributed by atoms with van der Waals surface area (Å²) in [4.78, 5) is 12.6. The molecule has 0 aromatic heterocycles. The first-order chi connectivity index (χ1) is 9.10. The van der Waals surface area contributed by atoms with Crippen molar-refractivity contribution in [1.29, 1.82) is 0 Å². The van der Waals surface area contributed by atoms with Gasteiger partial charge in [0.1, 0.15) is 5.69 Å². The Hall–Kier alpha value is -1.66. The zero-order valence-corrected chi connectivity index (χ0v) is 11.4. The number of aliphatic hydroxyl groups is 1. The van der Waals surface area contributed by atoms with E-state index in [0.29, 0.717) is 25.3 Å². The molecule has 0 fully saturated rings. The summed E-state index contributed by atoms with van der Waals surface area (Å²) >= 11 is 0. The van der Waals surface area contributed by atoms with E-state index in [0.717, 1.165) is 12.0 Å². The lowest BCUT2D eigenvalue weighted by Crippen LogP contribution is -2.22. The highest BCUT2D eigenvalue weighted by molar-refractivity contribution is 5.66. The number of para-hydroxylation sites is 1. The highest BCUT2D eigenvalue weighted by Crippen LogP contribution is 2.29. The minimum atomic E-state index is -0.368. The van der Waals surface area contributed by atoms with E-state index in [1.54, 1.807) is 6.07 Å². The molecule has 2 N–H and O–H groups in total. The Labute approximate surface area is 113 Å².